The first-order valence-corrected chi connectivity index (χ1v) is 8.80. The number of carbonyl (C=O) groups excluding carboxylic acids is 2. The van der Waals surface area contributed by atoms with Crippen LogP contribution in [-0.4, -0.2) is 48.4 Å². The van der Waals surface area contributed by atoms with Crippen molar-refractivity contribution in [3.05, 3.63) is 35.9 Å². The predicted molar refractivity (Wildman–Crippen MR) is 95.7 cm³/mol. The number of benzene rings is 1. The number of likely N-dealkylation sites (tertiary alicyclic amines) is 1. The van der Waals surface area contributed by atoms with Crippen molar-refractivity contribution in [2.24, 2.45) is 0 Å². The number of hydrogen-bond acceptors (Lipinski definition) is 3. The summed E-state index contributed by atoms with van der Waals surface area (Å²) in [5, 5.41) is 5.63. The Morgan fingerprint density at radius 3 is 2.33 bits per heavy atom. The molecule has 1 aliphatic rings. The molecule has 1 heterocycles. The minimum atomic E-state index is -0.138. The zero-order chi connectivity index (χ0) is 17.4. The van der Waals surface area contributed by atoms with E-state index in [1.165, 1.54) is 19.3 Å². The molecule has 0 saturated carbocycles. The molecule has 132 valence electrons. The van der Waals surface area contributed by atoms with E-state index in [0.717, 1.165) is 18.7 Å². The van der Waals surface area contributed by atoms with Gasteiger partial charge < -0.3 is 10.6 Å². The maximum Gasteiger partial charge on any atom is 0.239 e. The number of rotatable bonds is 7. The fourth-order valence-corrected chi connectivity index (χ4v) is 3.01. The lowest BCUT2D eigenvalue weighted by molar-refractivity contribution is -0.126. The van der Waals surface area contributed by atoms with E-state index in [2.05, 4.69) is 29.4 Å². The normalized spacial score (nSPS) is 15.8. The summed E-state index contributed by atoms with van der Waals surface area (Å²) in [5.41, 5.74) is 0.895. The number of nitrogens with zero attached hydrogens (tertiary/aromatic N) is 1. The Bertz CT molecular complexity index is 537. The van der Waals surface area contributed by atoms with Gasteiger partial charge >= 0.3 is 0 Å². The van der Waals surface area contributed by atoms with Crippen LogP contribution in [0, 0.1) is 0 Å². The van der Waals surface area contributed by atoms with E-state index in [-0.39, 0.29) is 23.9 Å². The standard InChI is InChI=1S/C19H29N3O2/c1-19(2,22-11-7-4-8-12-22)15-21-18(24)14-20-17(23)13-16-9-5-3-6-10-16/h3,5-6,9-10H,4,7-8,11-15H2,1-2H3,(H,20,23)(H,21,24). The Morgan fingerprint density at radius 1 is 1.00 bits per heavy atom. The number of carbonyl (C=O) groups is 2. The Balaban J connectivity index is 1.68. The zero-order valence-electron chi connectivity index (χ0n) is 14.8. The van der Waals surface area contributed by atoms with Crippen LogP contribution in [0.25, 0.3) is 0 Å². The van der Waals surface area contributed by atoms with Crippen molar-refractivity contribution in [2.75, 3.05) is 26.2 Å². The van der Waals surface area contributed by atoms with E-state index < -0.39 is 0 Å². The molecule has 1 fully saturated rings. The van der Waals surface area contributed by atoms with Crippen LogP contribution in [0.3, 0.4) is 0 Å². The van der Waals surface area contributed by atoms with Gasteiger partial charge in [0.2, 0.25) is 11.8 Å². The van der Waals surface area contributed by atoms with Gasteiger partial charge in [0.1, 0.15) is 0 Å². The van der Waals surface area contributed by atoms with E-state index >= 15 is 0 Å². The van der Waals surface area contributed by atoms with Crippen molar-refractivity contribution in [1.82, 2.24) is 15.5 Å². The molecule has 0 spiro atoms. The van der Waals surface area contributed by atoms with Crippen LogP contribution >= 0.6 is 0 Å². The van der Waals surface area contributed by atoms with Crippen LogP contribution < -0.4 is 10.6 Å². The van der Waals surface area contributed by atoms with Gasteiger partial charge in [0.15, 0.2) is 0 Å². The van der Waals surface area contributed by atoms with Gasteiger partial charge in [-0.3, -0.25) is 14.5 Å². The largest absolute Gasteiger partial charge is 0.353 e. The van der Waals surface area contributed by atoms with Crippen molar-refractivity contribution in [3.63, 3.8) is 0 Å². The van der Waals surface area contributed by atoms with Gasteiger partial charge in [-0.2, -0.15) is 0 Å². The first-order chi connectivity index (χ1) is 11.5. The smallest absolute Gasteiger partial charge is 0.239 e. The molecule has 0 aliphatic carbocycles. The van der Waals surface area contributed by atoms with E-state index in [0.29, 0.717) is 13.0 Å². The van der Waals surface area contributed by atoms with Crippen molar-refractivity contribution in [2.45, 2.75) is 45.1 Å². The molecule has 0 radical (unpaired) electrons. The predicted octanol–water partition coefficient (Wildman–Crippen LogP) is 1.73. The third-order valence-electron chi connectivity index (χ3n) is 4.58. The van der Waals surface area contributed by atoms with Gasteiger partial charge in [0, 0.05) is 12.1 Å². The summed E-state index contributed by atoms with van der Waals surface area (Å²) in [6.07, 6.45) is 4.06. The molecule has 1 aliphatic heterocycles. The highest BCUT2D eigenvalue weighted by Crippen LogP contribution is 2.19. The molecule has 2 N–H and O–H groups in total. The molecule has 2 amide bonds. The monoisotopic (exact) mass is 331 g/mol. The molecule has 1 aromatic carbocycles. The fraction of sp³-hybridized carbons (Fsp3) is 0.579. The first-order valence-electron chi connectivity index (χ1n) is 8.80. The van der Waals surface area contributed by atoms with Crippen LogP contribution in [0.4, 0.5) is 0 Å². The lowest BCUT2D eigenvalue weighted by atomic mass is 9.98. The lowest BCUT2D eigenvalue weighted by Gasteiger charge is -2.41. The van der Waals surface area contributed by atoms with Crippen LogP contribution in [0.15, 0.2) is 30.3 Å². The molecule has 24 heavy (non-hydrogen) atoms. The average Bonchev–Trinajstić information content (AvgIpc) is 2.60. The Hall–Kier alpha value is -1.88. The number of hydrogen-bond donors (Lipinski definition) is 2. The minimum absolute atomic E-state index is 0.0295. The van der Waals surface area contributed by atoms with Crippen molar-refractivity contribution in [1.29, 1.82) is 0 Å². The molecule has 5 heteroatoms. The summed E-state index contributed by atoms with van der Waals surface area (Å²) in [6, 6.07) is 9.52. The van der Waals surface area contributed by atoms with Crippen molar-refractivity contribution in [3.8, 4) is 0 Å². The summed E-state index contributed by atoms with van der Waals surface area (Å²) < 4.78 is 0. The molecule has 0 atom stereocenters. The quantitative estimate of drug-likeness (QED) is 0.800. The highest BCUT2D eigenvalue weighted by Gasteiger charge is 2.28. The van der Waals surface area contributed by atoms with Crippen LogP contribution in [0.2, 0.25) is 0 Å². The number of amides is 2. The van der Waals surface area contributed by atoms with Crippen LogP contribution in [0.5, 0.6) is 0 Å². The topological polar surface area (TPSA) is 61.4 Å². The van der Waals surface area contributed by atoms with E-state index in [9.17, 15) is 9.59 Å². The van der Waals surface area contributed by atoms with Gasteiger partial charge in [0.05, 0.1) is 13.0 Å². The van der Waals surface area contributed by atoms with Gasteiger partial charge in [-0.1, -0.05) is 36.8 Å². The molecular formula is C19H29N3O2. The van der Waals surface area contributed by atoms with Crippen molar-refractivity contribution >= 4 is 11.8 Å². The Labute approximate surface area is 144 Å². The highest BCUT2D eigenvalue weighted by atomic mass is 16.2. The van der Waals surface area contributed by atoms with Crippen molar-refractivity contribution < 1.29 is 9.59 Å². The third-order valence-corrected chi connectivity index (χ3v) is 4.58. The second-order valence-electron chi connectivity index (χ2n) is 7.08. The first kappa shape index (κ1) is 18.5. The fourth-order valence-electron chi connectivity index (χ4n) is 3.01. The van der Waals surface area contributed by atoms with Gasteiger partial charge in [-0.25, -0.2) is 0 Å². The summed E-state index contributed by atoms with van der Waals surface area (Å²) in [7, 11) is 0. The van der Waals surface area contributed by atoms with Crippen LogP contribution in [0.1, 0.15) is 38.7 Å². The molecular weight excluding hydrogens is 302 g/mol. The molecule has 2 rings (SSSR count). The third kappa shape index (κ3) is 5.96. The summed E-state index contributed by atoms with van der Waals surface area (Å²) in [6.45, 7) is 7.13. The van der Waals surface area contributed by atoms with Gasteiger partial charge in [-0.15, -0.1) is 0 Å². The second kappa shape index (κ2) is 8.83. The molecule has 1 aromatic rings. The van der Waals surface area contributed by atoms with E-state index in [1.54, 1.807) is 0 Å². The van der Waals surface area contributed by atoms with E-state index in [1.807, 2.05) is 30.3 Å². The molecule has 0 unspecified atom stereocenters. The lowest BCUT2D eigenvalue weighted by Crippen LogP contribution is -2.54. The van der Waals surface area contributed by atoms with Gasteiger partial charge in [-0.05, 0) is 45.3 Å². The summed E-state index contributed by atoms with van der Waals surface area (Å²) >= 11 is 0. The molecule has 0 bridgehead atoms. The number of nitrogens with one attached hydrogen (secondary N) is 2. The second-order valence-corrected chi connectivity index (χ2v) is 7.08. The molecule has 0 aromatic heterocycles. The molecule has 5 nitrogen and oxygen atoms in total. The summed E-state index contributed by atoms with van der Waals surface area (Å²) in [4.78, 5) is 26.3. The maximum atomic E-state index is 12.0. The Morgan fingerprint density at radius 2 is 1.67 bits per heavy atom. The zero-order valence-corrected chi connectivity index (χ0v) is 14.8. The summed E-state index contributed by atoms with van der Waals surface area (Å²) in [5.74, 6) is -0.270. The number of piperidine rings is 1. The van der Waals surface area contributed by atoms with E-state index in [4.69, 9.17) is 0 Å². The minimum Gasteiger partial charge on any atom is -0.353 e. The highest BCUT2D eigenvalue weighted by molar-refractivity contribution is 5.85. The SMILES string of the molecule is CC(C)(CNC(=O)CNC(=O)Cc1ccccc1)N1CCCCC1. The Kier molecular flexibility index (Phi) is 6.79. The van der Waals surface area contributed by atoms with Crippen LogP contribution in [-0.2, 0) is 16.0 Å². The molecule has 1 saturated heterocycles. The average molecular weight is 331 g/mol. The maximum absolute atomic E-state index is 12.0. The van der Waals surface area contributed by atoms with Gasteiger partial charge in [0.25, 0.3) is 0 Å².